The average Bonchev–Trinajstić information content (AvgIpc) is 3.59. The Morgan fingerprint density at radius 2 is 1.06 bits per heavy atom. The summed E-state index contributed by atoms with van der Waals surface area (Å²) in [5, 5.41) is 22.6. The molecule has 0 bridgehead atoms. The molecule has 1 aromatic rings. The van der Waals surface area contributed by atoms with Gasteiger partial charge in [-0.25, -0.2) is 0 Å². The number of unbranched alkanes of at least 4 members (excludes halogenated alkanes) is 26. The lowest BCUT2D eigenvalue weighted by atomic mass is 9.70. The van der Waals surface area contributed by atoms with E-state index < -0.39 is 11.9 Å². The molecule has 0 amide bonds. The minimum atomic E-state index is -0.709. The van der Waals surface area contributed by atoms with E-state index >= 15 is 0 Å². The molecule has 0 saturated carbocycles. The highest BCUT2D eigenvalue weighted by Gasteiger charge is 2.47. The topological polar surface area (TPSA) is 77.8 Å². The Balaban J connectivity index is 2.10. The maximum atomic E-state index is 14.8. The third-order valence-corrected chi connectivity index (χ3v) is 15.8. The fourth-order valence-corrected chi connectivity index (χ4v) is 11.6. The number of aliphatic carboxylic acids is 1. The number of carboxylic acid groups (broad SMARTS) is 1. The van der Waals surface area contributed by atoms with Crippen molar-refractivity contribution >= 4 is 17.4 Å². The summed E-state index contributed by atoms with van der Waals surface area (Å²) in [5.74, 6) is 0.243. The molecule has 0 aromatic heterocycles. The van der Waals surface area contributed by atoms with E-state index in [0.29, 0.717) is 24.0 Å². The number of fused-ring (bicyclic) bond motifs is 1. The van der Waals surface area contributed by atoms with Crippen LogP contribution in [0.1, 0.15) is 291 Å². The second-order valence-electron chi connectivity index (χ2n) is 21.5. The number of hydrogen-bond acceptors (Lipinski definition) is 4. The Morgan fingerprint density at radius 1 is 0.588 bits per heavy atom. The van der Waals surface area contributed by atoms with Gasteiger partial charge in [-0.2, -0.15) is 0 Å². The highest BCUT2D eigenvalue weighted by Crippen LogP contribution is 2.55. The number of carbonyl (C=O) groups excluding carboxylic acids is 1. The zero-order chi connectivity index (χ0) is 49.2. The lowest BCUT2D eigenvalue weighted by molar-refractivity contribution is -0.142. The first-order chi connectivity index (χ1) is 33.2. The van der Waals surface area contributed by atoms with Gasteiger partial charge in [0.05, 0.1) is 17.1 Å². The van der Waals surface area contributed by atoms with E-state index in [9.17, 15) is 19.8 Å². The van der Waals surface area contributed by atoms with Crippen LogP contribution in [-0.2, 0) is 15.0 Å². The first-order valence-electron chi connectivity index (χ1n) is 29.6. The fourth-order valence-electron chi connectivity index (χ4n) is 11.6. The van der Waals surface area contributed by atoms with Crippen molar-refractivity contribution in [3.8, 4) is 0 Å². The van der Waals surface area contributed by atoms with Crippen molar-refractivity contribution in [1.82, 2.24) is 0 Å². The first kappa shape index (κ1) is 59.5. The quantitative estimate of drug-likeness (QED) is 0.0503. The molecule has 3 atom stereocenters. The summed E-state index contributed by atoms with van der Waals surface area (Å²) in [6.07, 6.45) is 48.3. The summed E-state index contributed by atoms with van der Waals surface area (Å²) < 4.78 is 0. The van der Waals surface area contributed by atoms with E-state index in [0.717, 1.165) is 83.6 Å². The molecule has 5 heteroatoms. The lowest BCUT2D eigenvalue weighted by Gasteiger charge is -2.36. The maximum Gasteiger partial charge on any atom is 0.306 e. The SMILES string of the molecule is CCCCCCCCCC[C](CC(CCC)C(=O)O)C(C=C1C(=O)C(C=C2N(CCCCCC)c3ccccc3C2(CCCCCCCC)CCCCCCCCCC)=C1O)CCCCCCC. The molecule has 0 fully saturated rings. The van der Waals surface area contributed by atoms with Crippen LogP contribution in [0.3, 0.4) is 0 Å². The Labute approximate surface area is 420 Å². The predicted molar refractivity (Wildman–Crippen MR) is 294 cm³/mol. The van der Waals surface area contributed by atoms with Crippen molar-refractivity contribution in [2.24, 2.45) is 11.8 Å². The summed E-state index contributed by atoms with van der Waals surface area (Å²) in [4.78, 5) is 30.0. The molecular weight excluding hydrogens is 835 g/mol. The van der Waals surface area contributed by atoms with Crippen molar-refractivity contribution < 1.29 is 19.8 Å². The summed E-state index contributed by atoms with van der Waals surface area (Å²) in [5.41, 5.74) is 4.68. The molecule has 0 spiro atoms. The molecule has 68 heavy (non-hydrogen) atoms. The number of aliphatic hydroxyl groups is 1. The zero-order valence-electron chi connectivity index (χ0n) is 45.4. The number of ketones is 1. The smallest absolute Gasteiger partial charge is 0.306 e. The van der Waals surface area contributed by atoms with Gasteiger partial charge in [0.1, 0.15) is 5.76 Å². The summed E-state index contributed by atoms with van der Waals surface area (Å²) in [7, 11) is 0. The van der Waals surface area contributed by atoms with Gasteiger partial charge >= 0.3 is 5.97 Å². The second-order valence-corrected chi connectivity index (χ2v) is 21.5. The van der Waals surface area contributed by atoms with Gasteiger partial charge in [0, 0.05) is 23.3 Å². The van der Waals surface area contributed by atoms with Crippen molar-refractivity contribution in [3.63, 3.8) is 0 Å². The number of nitrogens with zero attached hydrogens (tertiary/aromatic N) is 1. The highest BCUT2D eigenvalue weighted by atomic mass is 16.4. The normalized spacial score (nSPS) is 18.0. The van der Waals surface area contributed by atoms with Gasteiger partial charge in [-0.1, -0.05) is 265 Å². The molecule has 1 aromatic carbocycles. The van der Waals surface area contributed by atoms with Crippen LogP contribution < -0.4 is 4.90 Å². The molecule has 0 saturated heterocycles. The predicted octanol–water partition coefficient (Wildman–Crippen LogP) is 19.8. The highest BCUT2D eigenvalue weighted by molar-refractivity contribution is 6.21. The summed E-state index contributed by atoms with van der Waals surface area (Å²) in [6.45, 7) is 14.4. The van der Waals surface area contributed by atoms with Crippen molar-refractivity contribution in [3.05, 3.63) is 70.5 Å². The number of anilines is 1. The Morgan fingerprint density at radius 3 is 1.56 bits per heavy atom. The van der Waals surface area contributed by atoms with Gasteiger partial charge in [0.15, 0.2) is 5.78 Å². The number of carboxylic acids is 1. The maximum absolute atomic E-state index is 14.8. The number of allylic oxidation sites excluding steroid dienone is 5. The van der Waals surface area contributed by atoms with Crippen LogP contribution in [0.2, 0.25) is 0 Å². The van der Waals surface area contributed by atoms with Crippen LogP contribution in [-0.4, -0.2) is 28.5 Å². The number of carbonyl (C=O) groups is 2. The number of hydrogen-bond donors (Lipinski definition) is 2. The van der Waals surface area contributed by atoms with Crippen LogP contribution in [0.15, 0.2) is 59.0 Å². The Bertz CT molecular complexity index is 1610. The van der Waals surface area contributed by atoms with Crippen LogP contribution in [0.4, 0.5) is 5.69 Å². The molecule has 2 N–H and O–H groups in total. The van der Waals surface area contributed by atoms with Gasteiger partial charge in [0.25, 0.3) is 0 Å². The van der Waals surface area contributed by atoms with Crippen LogP contribution in [0.25, 0.3) is 0 Å². The Hall–Kier alpha value is -2.82. The van der Waals surface area contributed by atoms with Gasteiger partial charge in [-0.05, 0) is 74.5 Å². The van der Waals surface area contributed by atoms with Gasteiger partial charge in [-0.15, -0.1) is 0 Å². The van der Waals surface area contributed by atoms with E-state index in [4.69, 9.17) is 0 Å². The van der Waals surface area contributed by atoms with Crippen LogP contribution >= 0.6 is 0 Å². The van der Waals surface area contributed by atoms with Gasteiger partial charge in [0.2, 0.25) is 0 Å². The number of benzene rings is 1. The number of aliphatic hydroxyl groups excluding tert-OH is 1. The van der Waals surface area contributed by atoms with Gasteiger partial charge in [-0.3, -0.25) is 9.59 Å². The molecule has 2 aliphatic rings. The largest absolute Gasteiger partial charge is 0.506 e. The van der Waals surface area contributed by atoms with Crippen molar-refractivity contribution in [1.29, 1.82) is 0 Å². The molecule has 1 aliphatic heterocycles. The van der Waals surface area contributed by atoms with E-state index in [1.165, 1.54) is 177 Å². The number of rotatable bonds is 44. The van der Waals surface area contributed by atoms with Gasteiger partial charge < -0.3 is 15.1 Å². The molecule has 1 radical (unpaired) electrons. The average molecular weight is 942 g/mol. The van der Waals surface area contributed by atoms with Crippen LogP contribution in [0, 0.1) is 17.8 Å². The molecular formula is C63H106NO4. The van der Waals surface area contributed by atoms with E-state index in [-0.39, 0.29) is 22.9 Å². The van der Waals surface area contributed by atoms with Crippen molar-refractivity contribution in [2.75, 3.05) is 11.4 Å². The molecule has 5 nitrogen and oxygen atoms in total. The summed E-state index contributed by atoms with van der Waals surface area (Å²) in [6, 6.07) is 9.13. The molecule has 3 rings (SSSR count). The molecule has 3 unspecified atom stereocenters. The molecule has 1 heterocycles. The third-order valence-electron chi connectivity index (χ3n) is 15.8. The minimum Gasteiger partial charge on any atom is -0.506 e. The lowest BCUT2D eigenvalue weighted by Crippen LogP contribution is -2.34. The van der Waals surface area contributed by atoms with E-state index in [1.54, 1.807) is 0 Å². The summed E-state index contributed by atoms with van der Waals surface area (Å²) >= 11 is 0. The van der Waals surface area contributed by atoms with Crippen LogP contribution in [0.5, 0.6) is 0 Å². The van der Waals surface area contributed by atoms with Crippen molar-refractivity contribution in [2.45, 2.75) is 291 Å². The van der Waals surface area contributed by atoms with E-state index in [1.807, 2.05) is 0 Å². The number of Topliss-reactive ketones (excluding diaryl/α,β-unsaturated/α-hetero) is 1. The fraction of sp³-hybridized carbons (Fsp3) is 0.762. The molecule has 387 valence electrons. The zero-order valence-corrected chi connectivity index (χ0v) is 45.4. The number of para-hydroxylation sites is 1. The monoisotopic (exact) mass is 941 g/mol. The second kappa shape index (κ2) is 36.2. The standard InChI is InChI=1S/C63H106NO4/c1-7-13-18-23-26-28-31-35-42-52(49-54(41-12-6)62(67)68)53(43-34-30-21-16-10-4)50-55-60(65)56(61(55)66)51-59-63(46-38-32-25-20-15-9-3,47-39-33-29-27-24-19-14-8-2)57-44-36-37-45-58(57)64(59)48-40-22-17-11-5/h36-37,44-45,50-51,53-54,65H,7-35,38-43,46-49H2,1-6H3,(H,67,68). The Kier molecular flexibility index (Phi) is 31.6. The molecule has 1 aliphatic carbocycles. The minimum absolute atomic E-state index is 0.0187. The third kappa shape index (κ3) is 20.1. The first-order valence-corrected chi connectivity index (χ1v) is 29.6. The van der Waals surface area contributed by atoms with E-state index in [2.05, 4.69) is 82.9 Å².